The first-order valence-corrected chi connectivity index (χ1v) is 8.08. The van der Waals surface area contributed by atoms with Crippen LogP contribution in [-0.4, -0.2) is 24.5 Å². The molecule has 0 atom stereocenters. The molecule has 0 saturated carbocycles. The molecule has 0 fully saturated rings. The van der Waals surface area contributed by atoms with Gasteiger partial charge < -0.3 is 14.1 Å². The maximum atomic E-state index is 12.6. The molecule has 0 spiro atoms. The van der Waals surface area contributed by atoms with Crippen LogP contribution in [0.1, 0.15) is 22.8 Å². The molecule has 0 aliphatic carbocycles. The molecule has 0 N–H and O–H groups in total. The van der Waals surface area contributed by atoms with Crippen LogP contribution in [0, 0.1) is 0 Å². The molecule has 0 bridgehead atoms. The highest BCUT2D eigenvalue weighted by Crippen LogP contribution is 2.16. The molecule has 3 rings (SSSR count). The lowest BCUT2D eigenvalue weighted by Gasteiger charge is -2.17. The van der Waals surface area contributed by atoms with Crippen LogP contribution in [0.5, 0.6) is 5.75 Å². The summed E-state index contributed by atoms with van der Waals surface area (Å²) in [6.45, 7) is 2.92. The SMILES string of the molecule is CCOc1ccc(CN(C)C(=O)c2cc3ccccc3oc2=O)cc1. The molecular weight excluding hydrogens is 318 g/mol. The Bertz CT molecular complexity index is 944. The number of amides is 1. The van der Waals surface area contributed by atoms with Gasteiger partial charge in [-0.1, -0.05) is 30.3 Å². The Morgan fingerprint density at radius 3 is 2.56 bits per heavy atom. The van der Waals surface area contributed by atoms with Gasteiger partial charge in [-0.3, -0.25) is 4.79 Å². The number of hydrogen-bond acceptors (Lipinski definition) is 4. The lowest BCUT2D eigenvalue weighted by Crippen LogP contribution is -2.30. The van der Waals surface area contributed by atoms with Gasteiger partial charge in [0.15, 0.2) is 0 Å². The zero-order valence-corrected chi connectivity index (χ0v) is 14.2. The van der Waals surface area contributed by atoms with Crippen molar-refractivity contribution in [1.82, 2.24) is 4.90 Å². The van der Waals surface area contributed by atoms with E-state index in [9.17, 15) is 9.59 Å². The molecule has 2 aromatic carbocycles. The van der Waals surface area contributed by atoms with Gasteiger partial charge in [-0.25, -0.2) is 4.79 Å². The minimum atomic E-state index is -0.623. The largest absolute Gasteiger partial charge is 0.494 e. The Kier molecular flexibility index (Phi) is 4.84. The second-order valence-corrected chi connectivity index (χ2v) is 5.72. The zero-order valence-electron chi connectivity index (χ0n) is 14.2. The molecule has 5 nitrogen and oxygen atoms in total. The summed E-state index contributed by atoms with van der Waals surface area (Å²) in [6, 6.07) is 16.2. The number of ether oxygens (including phenoxy) is 1. The van der Waals surface area contributed by atoms with Crippen LogP contribution in [-0.2, 0) is 6.54 Å². The van der Waals surface area contributed by atoms with Gasteiger partial charge in [-0.05, 0) is 36.8 Å². The molecule has 5 heteroatoms. The molecule has 0 radical (unpaired) electrons. The Morgan fingerprint density at radius 1 is 1.12 bits per heavy atom. The maximum Gasteiger partial charge on any atom is 0.349 e. The van der Waals surface area contributed by atoms with E-state index in [4.69, 9.17) is 9.15 Å². The molecule has 0 aliphatic heterocycles. The summed E-state index contributed by atoms with van der Waals surface area (Å²) in [7, 11) is 1.66. The molecule has 0 unspecified atom stereocenters. The second kappa shape index (κ2) is 7.21. The van der Waals surface area contributed by atoms with Gasteiger partial charge in [0.05, 0.1) is 6.61 Å². The van der Waals surface area contributed by atoms with Gasteiger partial charge in [-0.2, -0.15) is 0 Å². The highest BCUT2D eigenvalue weighted by Gasteiger charge is 2.18. The molecule has 1 aromatic heterocycles. The van der Waals surface area contributed by atoms with E-state index in [-0.39, 0.29) is 11.5 Å². The molecule has 0 saturated heterocycles. The summed E-state index contributed by atoms with van der Waals surface area (Å²) in [4.78, 5) is 26.2. The Labute approximate surface area is 145 Å². The lowest BCUT2D eigenvalue weighted by molar-refractivity contribution is 0.0781. The highest BCUT2D eigenvalue weighted by molar-refractivity contribution is 5.96. The standard InChI is InChI=1S/C20H19NO4/c1-3-24-16-10-8-14(9-11-16)13-21(2)19(22)17-12-15-6-4-5-7-18(15)25-20(17)23/h4-12H,3,13H2,1-2H3. The van der Waals surface area contributed by atoms with Crippen molar-refractivity contribution in [3.63, 3.8) is 0 Å². The minimum absolute atomic E-state index is 0.0344. The predicted octanol–water partition coefficient (Wildman–Crippen LogP) is 3.46. The van der Waals surface area contributed by atoms with Crippen LogP contribution < -0.4 is 10.4 Å². The summed E-state index contributed by atoms with van der Waals surface area (Å²) >= 11 is 0. The number of para-hydroxylation sites is 1. The summed E-state index contributed by atoms with van der Waals surface area (Å²) in [5, 5.41) is 0.722. The average molecular weight is 337 g/mol. The molecule has 1 amide bonds. The van der Waals surface area contributed by atoms with Crippen molar-refractivity contribution in [2.45, 2.75) is 13.5 Å². The van der Waals surface area contributed by atoms with Crippen molar-refractivity contribution >= 4 is 16.9 Å². The topological polar surface area (TPSA) is 59.8 Å². The molecule has 128 valence electrons. The van der Waals surface area contributed by atoms with Crippen molar-refractivity contribution in [3.05, 3.63) is 76.1 Å². The van der Waals surface area contributed by atoms with Gasteiger partial charge in [0, 0.05) is 19.0 Å². The third kappa shape index (κ3) is 3.71. The lowest BCUT2D eigenvalue weighted by atomic mass is 10.1. The summed E-state index contributed by atoms with van der Waals surface area (Å²) < 4.78 is 10.6. The smallest absolute Gasteiger partial charge is 0.349 e. The van der Waals surface area contributed by atoms with E-state index in [1.54, 1.807) is 25.2 Å². The number of benzene rings is 2. The first-order valence-electron chi connectivity index (χ1n) is 8.08. The summed E-state index contributed by atoms with van der Waals surface area (Å²) in [6.07, 6.45) is 0. The van der Waals surface area contributed by atoms with Gasteiger partial charge in [0.25, 0.3) is 5.91 Å². The van der Waals surface area contributed by atoms with E-state index in [2.05, 4.69) is 0 Å². The number of fused-ring (bicyclic) bond motifs is 1. The highest BCUT2D eigenvalue weighted by atomic mass is 16.5. The number of carbonyl (C=O) groups is 1. The number of hydrogen-bond donors (Lipinski definition) is 0. The average Bonchev–Trinajstić information content (AvgIpc) is 2.62. The van der Waals surface area contributed by atoms with Crippen molar-refractivity contribution in [2.75, 3.05) is 13.7 Å². The van der Waals surface area contributed by atoms with Crippen LogP contribution in [0.25, 0.3) is 11.0 Å². The van der Waals surface area contributed by atoms with E-state index in [1.807, 2.05) is 43.3 Å². The monoisotopic (exact) mass is 337 g/mol. The first-order chi connectivity index (χ1) is 12.1. The number of nitrogens with zero attached hydrogens (tertiary/aromatic N) is 1. The van der Waals surface area contributed by atoms with Crippen molar-refractivity contribution in [1.29, 1.82) is 0 Å². The molecule has 0 aliphatic rings. The Balaban J connectivity index is 1.80. The van der Waals surface area contributed by atoms with Gasteiger partial charge in [-0.15, -0.1) is 0 Å². The normalized spacial score (nSPS) is 10.6. The van der Waals surface area contributed by atoms with Crippen molar-refractivity contribution in [3.8, 4) is 5.75 Å². The summed E-state index contributed by atoms with van der Waals surface area (Å²) in [5.41, 5.74) is 0.831. The quantitative estimate of drug-likeness (QED) is 0.669. The van der Waals surface area contributed by atoms with E-state index < -0.39 is 5.63 Å². The molecule has 1 heterocycles. The fourth-order valence-electron chi connectivity index (χ4n) is 2.62. The molecular formula is C20H19NO4. The number of rotatable bonds is 5. The molecule has 3 aromatic rings. The van der Waals surface area contributed by atoms with Gasteiger partial charge in [0.2, 0.25) is 0 Å². The van der Waals surface area contributed by atoms with Crippen LogP contribution in [0.3, 0.4) is 0 Å². The molecule has 25 heavy (non-hydrogen) atoms. The van der Waals surface area contributed by atoms with E-state index in [0.717, 1.165) is 16.7 Å². The second-order valence-electron chi connectivity index (χ2n) is 5.72. The van der Waals surface area contributed by atoms with Crippen LogP contribution in [0.4, 0.5) is 0 Å². The predicted molar refractivity (Wildman–Crippen MR) is 95.9 cm³/mol. The fraction of sp³-hybridized carbons (Fsp3) is 0.200. The van der Waals surface area contributed by atoms with Crippen molar-refractivity contribution in [2.24, 2.45) is 0 Å². The first kappa shape index (κ1) is 16.8. The third-order valence-electron chi connectivity index (χ3n) is 3.87. The van der Waals surface area contributed by atoms with E-state index in [0.29, 0.717) is 18.7 Å². The van der Waals surface area contributed by atoms with Crippen LogP contribution in [0.15, 0.2) is 63.8 Å². The minimum Gasteiger partial charge on any atom is -0.494 e. The maximum absolute atomic E-state index is 12.6. The van der Waals surface area contributed by atoms with Gasteiger partial charge >= 0.3 is 5.63 Å². The zero-order chi connectivity index (χ0) is 17.8. The van der Waals surface area contributed by atoms with E-state index in [1.165, 1.54) is 4.90 Å². The Morgan fingerprint density at radius 2 is 1.84 bits per heavy atom. The third-order valence-corrected chi connectivity index (χ3v) is 3.87. The van der Waals surface area contributed by atoms with Crippen molar-refractivity contribution < 1.29 is 13.9 Å². The van der Waals surface area contributed by atoms with Crippen LogP contribution in [0.2, 0.25) is 0 Å². The number of carbonyl (C=O) groups excluding carboxylic acids is 1. The van der Waals surface area contributed by atoms with Crippen LogP contribution >= 0.6 is 0 Å². The Hall–Kier alpha value is -3.08. The van der Waals surface area contributed by atoms with Gasteiger partial charge in [0.1, 0.15) is 16.9 Å². The van der Waals surface area contributed by atoms with E-state index >= 15 is 0 Å². The fourth-order valence-corrected chi connectivity index (χ4v) is 2.62. The summed E-state index contributed by atoms with van der Waals surface area (Å²) in [5.74, 6) is 0.420.